The molecule has 0 heterocycles. The Morgan fingerprint density at radius 2 is 2.00 bits per heavy atom. The van der Waals surface area contributed by atoms with Gasteiger partial charge in [0.25, 0.3) is 0 Å². The van der Waals surface area contributed by atoms with Crippen LogP contribution in [0, 0.1) is 12.3 Å². The molecule has 3 heteroatoms. The van der Waals surface area contributed by atoms with Gasteiger partial charge < -0.3 is 5.11 Å². The van der Waals surface area contributed by atoms with E-state index in [1.165, 1.54) is 19.1 Å². The molecule has 0 aromatic heterocycles. The van der Waals surface area contributed by atoms with Crippen LogP contribution in [0.2, 0.25) is 0 Å². The van der Waals surface area contributed by atoms with Crippen molar-refractivity contribution in [1.29, 1.82) is 0 Å². The van der Waals surface area contributed by atoms with Crippen molar-refractivity contribution in [2.75, 3.05) is 0 Å². The molecule has 0 unspecified atom stereocenters. The second-order valence-electron chi connectivity index (χ2n) is 2.77. The summed E-state index contributed by atoms with van der Waals surface area (Å²) in [4.78, 5) is 21.8. The van der Waals surface area contributed by atoms with Crippen molar-refractivity contribution in [3.8, 4) is 12.3 Å². The van der Waals surface area contributed by atoms with Crippen molar-refractivity contribution in [2.45, 2.75) is 6.92 Å². The number of terminal acetylenes is 1. The smallest absolute Gasteiger partial charge is 0.336 e. The summed E-state index contributed by atoms with van der Waals surface area (Å²) >= 11 is 0. The summed E-state index contributed by atoms with van der Waals surface area (Å²) in [6.07, 6.45) is 5.12. The highest BCUT2D eigenvalue weighted by Gasteiger charge is 2.13. The largest absolute Gasteiger partial charge is 0.478 e. The van der Waals surface area contributed by atoms with E-state index in [-0.39, 0.29) is 16.9 Å². The molecule has 0 spiro atoms. The number of rotatable bonds is 2. The molecule has 1 N–H and O–H groups in total. The number of hydrogen-bond acceptors (Lipinski definition) is 2. The molecule has 0 aliphatic carbocycles. The summed E-state index contributed by atoms with van der Waals surface area (Å²) in [5.74, 6) is 0.882. The number of ketones is 1. The van der Waals surface area contributed by atoms with Crippen LogP contribution in [0.1, 0.15) is 33.2 Å². The predicted molar refractivity (Wildman–Crippen MR) is 51.3 cm³/mol. The van der Waals surface area contributed by atoms with Gasteiger partial charge in [0.15, 0.2) is 5.78 Å². The summed E-state index contributed by atoms with van der Waals surface area (Å²) < 4.78 is 0. The number of carbonyl (C=O) groups excluding carboxylic acids is 1. The quantitative estimate of drug-likeness (QED) is 0.566. The lowest BCUT2D eigenvalue weighted by atomic mass is 10.0. The van der Waals surface area contributed by atoms with Crippen LogP contribution in [0.25, 0.3) is 0 Å². The predicted octanol–water partition coefficient (Wildman–Crippen LogP) is 1.57. The van der Waals surface area contributed by atoms with Crippen LogP contribution in [0.15, 0.2) is 18.2 Å². The van der Waals surface area contributed by atoms with Crippen molar-refractivity contribution in [3.63, 3.8) is 0 Å². The van der Waals surface area contributed by atoms with Gasteiger partial charge in [-0.3, -0.25) is 4.79 Å². The maximum Gasteiger partial charge on any atom is 0.336 e. The van der Waals surface area contributed by atoms with E-state index in [2.05, 4.69) is 5.92 Å². The van der Waals surface area contributed by atoms with Gasteiger partial charge in [0.05, 0.1) is 5.56 Å². The molecule has 1 aromatic carbocycles. The van der Waals surface area contributed by atoms with Gasteiger partial charge in [-0.2, -0.15) is 0 Å². The molecule has 70 valence electrons. The average Bonchev–Trinajstić information content (AvgIpc) is 2.16. The number of carboxylic acids is 1. The molecule has 0 aliphatic rings. The number of aromatic carboxylic acids is 1. The molecule has 0 saturated heterocycles. The van der Waals surface area contributed by atoms with E-state index < -0.39 is 5.97 Å². The number of hydrogen-bond donors (Lipinski definition) is 1. The Hall–Kier alpha value is -2.08. The van der Waals surface area contributed by atoms with E-state index in [1.807, 2.05) is 0 Å². The van der Waals surface area contributed by atoms with Gasteiger partial charge in [-0.1, -0.05) is 5.92 Å². The van der Waals surface area contributed by atoms with Crippen LogP contribution in [-0.2, 0) is 0 Å². The Morgan fingerprint density at radius 3 is 2.43 bits per heavy atom. The molecule has 0 amide bonds. The van der Waals surface area contributed by atoms with E-state index in [1.54, 1.807) is 6.07 Å². The molecule has 1 aromatic rings. The minimum Gasteiger partial charge on any atom is -0.478 e. The lowest BCUT2D eigenvalue weighted by molar-refractivity contribution is 0.0692. The molecule has 0 radical (unpaired) electrons. The number of Topliss-reactive ketones (excluding diaryl/α,β-unsaturated/α-hetero) is 1. The van der Waals surface area contributed by atoms with Crippen LogP contribution >= 0.6 is 0 Å². The van der Waals surface area contributed by atoms with Crippen LogP contribution in [0.3, 0.4) is 0 Å². The topological polar surface area (TPSA) is 54.4 Å². The molecule has 0 atom stereocenters. The van der Waals surface area contributed by atoms with Gasteiger partial charge in [-0.25, -0.2) is 4.79 Å². The average molecular weight is 188 g/mol. The zero-order valence-electron chi connectivity index (χ0n) is 7.57. The van der Waals surface area contributed by atoms with E-state index >= 15 is 0 Å². The molecule has 14 heavy (non-hydrogen) atoms. The van der Waals surface area contributed by atoms with E-state index in [9.17, 15) is 9.59 Å². The van der Waals surface area contributed by atoms with Crippen molar-refractivity contribution in [1.82, 2.24) is 0 Å². The Labute approximate surface area is 81.4 Å². The van der Waals surface area contributed by atoms with Crippen molar-refractivity contribution in [2.24, 2.45) is 0 Å². The highest BCUT2D eigenvalue weighted by atomic mass is 16.4. The Kier molecular flexibility index (Phi) is 2.68. The number of carbonyl (C=O) groups is 2. The standard InChI is InChI=1S/C11H8O3/c1-3-8-4-5-9(7(2)12)10(6-8)11(13)14/h1,4-6H,2H3,(H,13,14). The second kappa shape index (κ2) is 3.75. The van der Waals surface area contributed by atoms with E-state index in [4.69, 9.17) is 11.5 Å². The molecule has 0 aliphatic heterocycles. The summed E-state index contributed by atoms with van der Waals surface area (Å²) in [6, 6.07) is 4.29. The normalized spacial score (nSPS) is 9.14. The fourth-order valence-corrected chi connectivity index (χ4v) is 1.12. The molecule has 3 nitrogen and oxygen atoms in total. The monoisotopic (exact) mass is 188 g/mol. The Bertz CT molecular complexity index is 438. The molecule has 0 fully saturated rings. The summed E-state index contributed by atoms with van der Waals surface area (Å²) in [6.45, 7) is 1.32. The molecule has 0 bridgehead atoms. The van der Waals surface area contributed by atoms with Crippen LogP contribution < -0.4 is 0 Å². The highest BCUT2D eigenvalue weighted by Crippen LogP contribution is 2.12. The molecular formula is C11H8O3. The highest BCUT2D eigenvalue weighted by molar-refractivity contribution is 6.04. The van der Waals surface area contributed by atoms with E-state index in [0.717, 1.165) is 0 Å². The maximum absolute atomic E-state index is 11.1. The summed E-state index contributed by atoms with van der Waals surface area (Å²) in [5.41, 5.74) is 0.580. The molecule has 1 rings (SSSR count). The van der Waals surface area contributed by atoms with Gasteiger partial charge in [-0.05, 0) is 25.1 Å². The summed E-state index contributed by atoms with van der Waals surface area (Å²) in [5, 5.41) is 8.81. The van der Waals surface area contributed by atoms with E-state index in [0.29, 0.717) is 5.56 Å². The third-order valence-corrected chi connectivity index (χ3v) is 1.80. The minimum atomic E-state index is -1.15. The number of benzene rings is 1. The fraction of sp³-hybridized carbons (Fsp3) is 0.0909. The maximum atomic E-state index is 11.1. The third-order valence-electron chi connectivity index (χ3n) is 1.80. The Balaban J connectivity index is 3.40. The van der Waals surface area contributed by atoms with Gasteiger partial charge in [0.1, 0.15) is 0 Å². The lowest BCUT2D eigenvalue weighted by Gasteiger charge is -2.02. The van der Waals surface area contributed by atoms with Crippen molar-refractivity contribution >= 4 is 11.8 Å². The van der Waals surface area contributed by atoms with Crippen LogP contribution in [0.4, 0.5) is 0 Å². The van der Waals surface area contributed by atoms with Crippen molar-refractivity contribution in [3.05, 3.63) is 34.9 Å². The number of carboxylic acid groups (broad SMARTS) is 1. The van der Waals surface area contributed by atoms with Crippen LogP contribution in [0.5, 0.6) is 0 Å². The van der Waals surface area contributed by atoms with Crippen LogP contribution in [-0.4, -0.2) is 16.9 Å². The van der Waals surface area contributed by atoms with Gasteiger partial charge in [-0.15, -0.1) is 6.42 Å². The Morgan fingerprint density at radius 1 is 1.36 bits per heavy atom. The van der Waals surface area contributed by atoms with Gasteiger partial charge in [0, 0.05) is 11.1 Å². The first-order chi connectivity index (χ1) is 6.56. The second-order valence-corrected chi connectivity index (χ2v) is 2.77. The lowest BCUT2D eigenvalue weighted by Crippen LogP contribution is -2.06. The van der Waals surface area contributed by atoms with Gasteiger partial charge in [0.2, 0.25) is 0 Å². The first-order valence-electron chi connectivity index (χ1n) is 3.91. The molecular weight excluding hydrogens is 180 g/mol. The first-order valence-corrected chi connectivity index (χ1v) is 3.91. The SMILES string of the molecule is C#Cc1ccc(C(C)=O)c(C(=O)O)c1. The van der Waals surface area contributed by atoms with Crippen molar-refractivity contribution < 1.29 is 14.7 Å². The van der Waals surface area contributed by atoms with Gasteiger partial charge >= 0.3 is 5.97 Å². The zero-order valence-corrected chi connectivity index (χ0v) is 7.57. The zero-order chi connectivity index (χ0) is 10.7. The minimum absolute atomic E-state index is 0.0482. The summed E-state index contributed by atoms with van der Waals surface area (Å²) in [7, 11) is 0. The fourth-order valence-electron chi connectivity index (χ4n) is 1.12. The first kappa shape index (κ1) is 10.0. The molecule has 0 saturated carbocycles. The third kappa shape index (κ3) is 1.80.